The molecule has 3 rings (SSSR count). The molecule has 0 aliphatic heterocycles. The van der Waals surface area contributed by atoms with E-state index in [9.17, 15) is 35.2 Å². The molecule has 32 heavy (non-hydrogen) atoms. The molecule has 0 bridgehead atoms. The van der Waals surface area contributed by atoms with E-state index >= 15 is 0 Å². The van der Waals surface area contributed by atoms with Crippen LogP contribution in [0.5, 0.6) is 0 Å². The number of carbonyl (C=O) groups excluding carboxylic acids is 1. The normalized spacial score (nSPS) is 12.1. The van der Waals surface area contributed by atoms with Crippen LogP contribution in [0.1, 0.15) is 16.2 Å². The third kappa shape index (κ3) is 4.65. The third-order valence-corrected chi connectivity index (χ3v) is 5.90. The van der Waals surface area contributed by atoms with Crippen molar-refractivity contribution in [3.8, 4) is 5.69 Å². The molecule has 0 radical (unpaired) electrons. The first-order valence-corrected chi connectivity index (χ1v) is 10.5. The topological polar surface area (TPSA) is 93.9 Å². The summed E-state index contributed by atoms with van der Waals surface area (Å²) in [6.07, 6.45) is -5.31. The molecule has 1 amide bonds. The molecule has 0 atom stereocenters. The Kier molecular flexibility index (Phi) is 6.39. The first kappa shape index (κ1) is 24.2. The Morgan fingerprint density at radius 2 is 1.62 bits per heavy atom. The van der Waals surface area contributed by atoms with E-state index in [2.05, 4.69) is 10.3 Å². The maximum absolute atomic E-state index is 13.8. The van der Waals surface area contributed by atoms with Gasteiger partial charge < -0.3 is 0 Å². The fourth-order valence-electron chi connectivity index (χ4n) is 2.49. The molecular weight excluding hydrogens is 530 g/mol. The molecule has 0 aliphatic carbocycles. The molecule has 2 aromatic carbocycles. The Bertz CT molecular complexity index is 1320. The summed E-state index contributed by atoms with van der Waals surface area (Å²) in [5, 5.41) is 5.49. The summed E-state index contributed by atoms with van der Waals surface area (Å²) in [6.45, 7) is 0. The fourth-order valence-corrected chi connectivity index (χ4v) is 4.51. The van der Waals surface area contributed by atoms with E-state index < -0.39 is 55.7 Å². The van der Waals surface area contributed by atoms with Gasteiger partial charge in [0.15, 0.2) is 11.4 Å². The number of nitrogens with zero attached hydrogens (tertiary/aromatic N) is 3. The van der Waals surface area contributed by atoms with Crippen LogP contribution in [0, 0.1) is 11.6 Å². The van der Waals surface area contributed by atoms with Gasteiger partial charge in [0, 0.05) is 5.02 Å². The zero-order valence-corrected chi connectivity index (χ0v) is 18.0. The van der Waals surface area contributed by atoms with Crippen LogP contribution in [0.2, 0.25) is 15.1 Å². The van der Waals surface area contributed by atoms with Gasteiger partial charge in [-0.1, -0.05) is 40.0 Å². The molecule has 1 aromatic heterocycles. The summed E-state index contributed by atoms with van der Waals surface area (Å²) < 4.78 is 94.1. The number of hydrogen-bond acceptors (Lipinski definition) is 5. The van der Waals surface area contributed by atoms with E-state index in [-0.39, 0.29) is 25.8 Å². The van der Waals surface area contributed by atoms with Crippen molar-refractivity contribution in [2.75, 3.05) is 0 Å². The highest BCUT2D eigenvalue weighted by atomic mass is 35.5. The predicted octanol–water partition coefficient (Wildman–Crippen LogP) is 4.64. The SMILES string of the molecule is O=C(NS(=O)(=O)c1cc(F)ccc1F)c1nnn(-c2c(Cl)cc(Cl)cc2Cl)c1C(F)(F)F. The number of rotatable bonds is 4. The second-order valence-corrected chi connectivity index (χ2v) is 8.83. The minimum atomic E-state index is -5.31. The van der Waals surface area contributed by atoms with E-state index in [0.29, 0.717) is 12.1 Å². The Morgan fingerprint density at radius 3 is 2.19 bits per heavy atom. The standard InChI is InChI=1S/C16H6Cl3F5N4O3S/c17-6-3-8(18)13(9(19)4-6)28-14(16(22,23)24)12(25-27-28)15(29)26-32(30,31)11-5-7(20)1-2-10(11)21/h1-5H,(H,26,29). The number of sulfonamides is 1. The molecular formula is C16H6Cl3F5N4O3S. The van der Waals surface area contributed by atoms with Gasteiger partial charge in [-0.25, -0.2) is 26.6 Å². The van der Waals surface area contributed by atoms with Crippen molar-refractivity contribution >= 4 is 50.7 Å². The molecule has 170 valence electrons. The Balaban J connectivity index is 2.12. The number of hydrogen-bond donors (Lipinski definition) is 1. The summed E-state index contributed by atoms with van der Waals surface area (Å²) in [5.41, 5.74) is -3.88. The molecule has 0 unspecified atom stereocenters. The van der Waals surface area contributed by atoms with Crippen LogP contribution in [0.4, 0.5) is 22.0 Å². The number of alkyl halides is 3. The average Bonchev–Trinajstić information content (AvgIpc) is 3.07. The van der Waals surface area contributed by atoms with Crippen molar-refractivity contribution in [3.05, 3.63) is 68.4 Å². The van der Waals surface area contributed by atoms with Gasteiger partial charge in [-0.15, -0.1) is 5.10 Å². The van der Waals surface area contributed by atoms with Crippen LogP contribution in [-0.2, 0) is 16.2 Å². The van der Waals surface area contributed by atoms with Crippen LogP contribution in [0.25, 0.3) is 5.69 Å². The predicted molar refractivity (Wildman–Crippen MR) is 102 cm³/mol. The van der Waals surface area contributed by atoms with Crippen molar-refractivity contribution < 1.29 is 35.2 Å². The largest absolute Gasteiger partial charge is 0.435 e. The first-order chi connectivity index (χ1) is 14.7. The highest BCUT2D eigenvalue weighted by Crippen LogP contribution is 2.38. The number of carbonyl (C=O) groups is 1. The molecule has 1 N–H and O–H groups in total. The quantitative estimate of drug-likeness (QED) is 0.491. The second-order valence-electron chi connectivity index (χ2n) is 5.92. The van der Waals surface area contributed by atoms with Gasteiger partial charge >= 0.3 is 6.18 Å². The lowest BCUT2D eigenvalue weighted by molar-refractivity contribution is -0.143. The van der Waals surface area contributed by atoms with E-state index in [0.717, 1.165) is 12.1 Å². The van der Waals surface area contributed by atoms with Crippen molar-refractivity contribution in [1.82, 2.24) is 19.7 Å². The Morgan fingerprint density at radius 1 is 1.03 bits per heavy atom. The second kappa shape index (κ2) is 8.46. The average molecular weight is 536 g/mol. The Hall–Kier alpha value is -2.48. The van der Waals surface area contributed by atoms with Gasteiger partial charge in [-0.05, 0) is 30.3 Å². The molecule has 7 nitrogen and oxygen atoms in total. The lowest BCUT2D eigenvalue weighted by atomic mass is 10.2. The van der Waals surface area contributed by atoms with Crippen LogP contribution in [-0.4, -0.2) is 29.3 Å². The van der Waals surface area contributed by atoms with Gasteiger partial charge in [0.25, 0.3) is 15.9 Å². The lowest BCUT2D eigenvalue weighted by Gasteiger charge is -2.14. The fraction of sp³-hybridized carbons (Fsp3) is 0.0625. The minimum absolute atomic E-state index is 0.0152. The van der Waals surface area contributed by atoms with Crippen molar-refractivity contribution in [2.45, 2.75) is 11.1 Å². The van der Waals surface area contributed by atoms with E-state index in [1.165, 1.54) is 4.72 Å². The van der Waals surface area contributed by atoms with Gasteiger partial charge in [0.2, 0.25) is 0 Å². The summed E-state index contributed by atoms with van der Waals surface area (Å²) >= 11 is 17.5. The number of aromatic nitrogens is 3. The van der Waals surface area contributed by atoms with Crippen LogP contribution in [0.3, 0.4) is 0 Å². The zero-order valence-electron chi connectivity index (χ0n) is 14.9. The molecule has 0 aliphatic rings. The van der Waals surface area contributed by atoms with Gasteiger partial charge in [0.05, 0.1) is 10.0 Å². The Labute approximate surface area is 190 Å². The number of nitrogens with one attached hydrogen (secondary N) is 1. The molecule has 0 fully saturated rings. The zero-order chi connectivity index (χ0) is 24.0. The molecule has 3 aromatic rings. The van der Waals surface area contributed by atoms with Crippen LogP contribution >= 0.6 is 34.8 Å². The van der Waals surface area contributed by atoms with Crippen LogP contribution in [0.15, 0.2) is 35.2 Å². The van der Waals surface area contributed by atoms with Gasteiger partial charge in [-0.3, -0.25) is 4.79 Å². The third-order valence-electron chi connectivity index (χ3n) is 3.76. The molecule has 1 heterocycles. The highest BCUT2D eigenvalue weighted by molar-refractivity contribution is 7.90. The smallest absolute Gasteiger partial charge is 0.266 e. The maximum atomic E-state index is 13.8. The van der Waals surface area contributed by atoms with E-state index in [1.807, 2.05) is 0 Å². The minimum Gasteiger partial charge on any atom is -0.266 e. The molecule has 0 saturated carbocycles. The van der Waals surface area contributed by atoms with Crippen molar-refractivity contribution in [2.24, 2.45) is 0 Å². The number of benzene rings is 2. The van der Waals surface area contributed by atoms with Crippen molar-refractivity contribution in [3.63, 3.8) is 0 Å². The van der Waals surface area contributed by atoms with E-state index in [1.54, 1.807) is 0 Å². The summed E-state index contributed by atoms with van der Waals surface area (Å²) in [4.78, 5) is 11.0. The molecule has 0 saturated heterocycles. The molecule has 16 heteroatoms. The highest BCUT2D eigenvalue weighted by Gasteiger charge is 2.43. The van der Waals surface area contributed by atoms with Gasteiger partial charge in [-0.2, -0.15) is 13.2 Å². The van der Waals surface area contributed by atoms with Crippen molar-refractivity contribution in [1.29, 1.82) is 0 Å². The van der Waals surface area contributed by atoms with Crippen LogP contribution < -0.4 is 4.72 Å². The monoisotopic (exact) mass is 534 g/mol. The van der Waals surface area contributed by atoms with Gasteiger partial charge in [0.1, 0.15) is 22.2 Å². The number of amides is 1. The summed E-state index contributed by atoms with van der Waals surface area (Å²) in [7, 11) is -5.13. The van der Waals surface area contributed by atoms with E-state index in [4.69, 9.17) is 34.8 Å². The maximum Gasteiger partial charge on any atom is 0.435 e. The summed E-state index contributed by atoms with van der Waals surface area (Å²) in [5.74, 6) is -4.55. The first-order valence-electron chi connectivity index (χ1n) is 7.92. The molecule has 0 spiro atoms. The lowest BCUT2D eigenvalue weighted by Crippen LogP contribution is -2.33. The summed E-state index contributed by atoms with van der Waals surface area (Å²) in [6, 6.07) is 3.38. The number of halogens is 8.